The lowest BCUT2D eigenvalue weighted by Gasteiger charge is -2.45. The first-order valence-corrected chi connectivity index (χ1v) is 5.71. The monoisotopic (exact) mass is 183 g/mol. The molecule has 0 aromatic carbocycles. The summed E-state index contributed by atoms with van der Waals surface area (Å²) in [6.45, 7) is 14.4. The molecule has 13 heavy (non-hydrogen) atoms. The predicted octanol–water partition coefficient (Wildman–Crippen LogP) is 3.15. The van der Waals surface area contributed by atoms with E-state index in [4.69, 9.17) is 0 Å². The highest BCUT2D eigenvalue weighted by molar-refractivity contribution is 4.87. The molecule has 0 bridgehead atoms. The van der Waals surface area contributed by atoms with Crippen LogP contribution < -0.4 is 0 Å². The fraction of sp³-hybridized carbons (Fsp3) is 1.00. The van der Waals surface area contributed by atoms with Crippen LogP contribution >= 0.6 is 0 Å². The molecule has 1 nitrogen and oxygen atoms in total. The normalized spacial score (nSPS) is 29.5. The van der Waals surface area contributed by atoms with Crippen LogP contribution in [0.5, 0.6) is 0 Å². The Labute approximate surface area is 83.5 Å². The smallest absolute Gasteiger partial charge is 0.00388 e. The van der Waals surface area contributed by atoms with Gasteiger partial charge in [0.05, 0.1) is 0 Å². The number of rotatable bonds is 2. The van der Waals surface area contributed by atoms with Gasteiger partial charge in [-0.15, -0.1) is 0 Å². The molecule has 0 N–H and O–H groups in total. The summed E-state index contributed by atoms with van der Waals surface area (Å²) in [5.41, 5.74) is 0.525. The third kappa shape index (κ3) is 2.46. The molecule has 1 heteroatoms. The number of piperidine rings is 1. The van der Waals surface area contributed by atoms with E-state index < -0.39 is 0 Å². The van der Waals surface area contributed by atoms with Gasteiger partial charge in [-0.2, -0.15) is 0 Å². The molecule has 0 radical (unpaired) electrons. The minimum atomic E-state index is 0.525. The quantitative estimate of drug-likeness (QED) is 0.635. The van der Waals surface area contributed by atoms with Crippen LogP contribution in [0.1, 0.15) is 47.5 Å². The summed E-state index contributed by atoms with van der Waals surface area (Å²) in [4.78, 5) is 2.62. The van der Waals surface area contributed by atoms with Crippen LogP contribution in [0.3, 0.4) is 0 Å². The van der Waals surface area contributed by atoms with Gasteiger partial charge in [0.2, 0.25) is 0 Å². The maximum Gasteiger partial charge on any atom is 0.00388 e. The van der Waals surface area contributed by atoms with Gasteiger partial charge in [0.1, 0.15) is 0 Å². The number of hydrogen-bond acceptors (Lipinski definition) is 1. The minimum Gasteiger partial charge on any atom is -0.300 e. The SMILES string of the molecule is CCC1CCN(C(C)C)CC1(C)C. The van der Waals surface area contributed by atoms with E-state index in [1.54, 1.807) is 0 Å². The Morgan fingerprint density at radius 2 is 2.00 bits per heavy atom. The van der Waals surface area contributed by atoms with Crippen molar-refractivity contribution in [1.82, 2.24) is 4.90 Å². The third-order valence-corrected chi connectivity index (χ3v) is 3.70. The number of nitrogens with zero attached hydrogens (tertiary/aromatic N) is 1. The van der Waals surface area contributed by atoms with E-state index in [0.717, 1.165) is 12.0 Å². The van der Waals surface area contributed by atoms with Crippen molar-refractivity contribution in [2.75, 3.05) is 13.1 Å². The van der Waals surface area contributed by atoms with E-state index in [1.165, 1.54) is 25.9 Å². The lowest BCUT2D eigenvalue weighted by molar-refractivity contribution is 0.0350. The first-order chi connectivity index (χ1) is 5.97. The van der Waals surface area contributed by atoms with Gasteiger partial charge in [0.15, 0.2) is 0 Å². The summed E-state index contributed by atoms with van der Waals surface area (Å²) >= 11 is 0. The number of likely N-dealkylation sites (tertiary alicyclic amines) is 1. The molecule has 0 spiro atoms. The van der Waals surface area contributed by atoms with E-state index in [2.05, 4.69) is 39.5 Å². The second-order valence-electron chi connectivity index (χ2n) is 5.45. The average Bonchev–Trinajstić information content (AvgIpc) is 2.02. The average molecular weight is 183 g/mol. The van der Waals surface area contributed by atoms with Crippen molar-refractivity contribution in [1.29, 1.82) is 0 Å². The van der Waals surface area contributed by atoms with Gasteiger partial charge in [-0.1, -0.05) is 27.2 Å². The van der Waals surface area contributed by atoms with Crippen molar-refractivity contribution in [2.24, 2.45) is 11.3 Å². The lowest BCUT2D eigenvalue weighted by atomic mass is 9.72. The summed E-state index contributed by atoms with van der Waals surface area (Å²) < 4.78 is 0. The number of hydrogen-bond donors (Lipinski definition) is 0. The standard InChI is InChI=1S/C12H25N/c1-6-11-7-8-13(10(2)3)9-12(11,4)5/h10-11H,6-9H2,1-5H3. The van der Waals surface area contributed by atoms with Crippen LogP contribution in [0.4, 0.5) is 0 Å². The fourth-order valence-electron chi connectivity index (χ4n) is 2.64. The van der Waals surface area contributed by atoms with E-state index >= 15 is 0 Å². The first kappa shape index (κ1) is 11.0. The summed E-state index contributed by atoms with van der Waals surface area (Å²) in [5.74, 6) is 0.933. The molecule has 0 amide bonds. The molecule has 1 aliphatic rings. The van der Waals surface area contributed by atoms with Crippen LogP contribution in [0, 0.1) is 11.3 Å². The molecule has 0 aromatic heterocycles. The highest BCUT2D eigenvalue weighted by Crippen LogP contribution is 2.37. The third-order valence-electron chi connectivity index (χ3n) is 3.70. The Balaban J connectivity index is 2.59. The first-order valence-electron chi connectivity index (χ1n) is 5.71. The minimum absolute atomic E-state index is 0.525. The molecule has 0 aliphatic carbocycles. The highest BCUT2D eigenvalue weighted by Gasteiger charge is 2.34. The highest BCUT2D eigenvalue weighted by atomic mass is 15.2. The summed E-state index contributed by atoms with van der Waals surface area (Å²) in [5, 5.41) is 0. The van der Waals surface area contributed by atoms with Crippen LogP contribution in [-0.2, 0) is 0 Å². The molecular formula is C12H25N. The van der Waals surface area contributed by atoms with Gasteiger partial charge < -0.3 is 4.90 Å². The van der Waals surface area contributed by atoms with E-state index in [1.807, 2.05) is 0 Å². The zero-order chi connectivity index (χ0) is 10.1. The van der Waals surface area contributed by atoms with Gasteiger partial charge in [0.25, 0.3) is 0 Å². The van der Waals surface area contributed by atoms with Crippen LogP contribution in [0.25, 0.3) is 0 Å². The zero-order valence-electron chi connectivity index (χ0n) is 9.93. The molecule has 1 saturated heterocycles. The molecule has 1 heterocycles. The van der Waals surface area contributed by atoms with Gasteiger partial charge in [-0.25, -0.2) is 0 Å². The maximum atomic E-state index is 2.62. The Bertz CT molecular complexity index is 161. The van der Waals surface area contributed by atoms with Crippen molar-refractivity contribution in [3.8, 4) is 0 Å². The van der Waals surface area contributed by atoms with Crippen molar-refractivity contribution < 1.29 is 0 Å². The molecule has 1 rings (SSSR count). The van der Waals surface area contributed by atoms with Crippen LogP contribution in [0.2, 0.25) is 0 Å². The summed E-state index contributed by atoms with van der Waals surface area (Å²) in [7, 11) is 0. The molecule has 0 aromatic rings. The van der Waals surface area contributed by atoms with Crippen molar-refractivity contribution in [3.63, 3.8) is 0 Å². The molecule has 1 aliphatic heterocycles. The Morgan fingerprint density at radius 3 is 2.38 bits per heavy atom. The van der Waals surface area contributed by atoms with E-state index in [-0.39, 0.29) is 0 Å². The maximum absolute atomic E-state index is 2.62. The summed E-state index contributed by atoms with van der Waals surface area (Å²) in [6.07, 6.45) is 2.74. The lowest BCUT2D eigenvalue weighted by Crippen LogP contribution is -2.48. The Kier molecular flexibility index (Phi) is 3.39. The van der Waals surface area contributed by atoms with E-state index in [0.29, 0.717) is 5.41 Å². The molecule has 1 fully saturated rings. The van der Waals surface area contributed by atoms with Crippen molar-refractivity contribution >= 4 is 0 Å². The van der Waals surface area contributed by atoms with Gasteiger partial charge in [0, 0.05) is 12.6 Å². The molecule has 1 atom stereocenters. The van der Waals surface area contributed by atoms with Crippen molar-refractivity contribution in [3.05, 3.63) is 0 Å². The largest absolute Gasteiger partial charge is 0.300 e. The van der Waals surface area contributed by atoms with E-state index in [9.17, 15) is 0 Å². The van der Waals surface area contributed by atoms with Gasteiger partial charge in [-0.3, -0.25) is 0 Å². The predicted molar refractivity (Wildman–Crippen MR) is 58.9 cm³/mol. The molecule has 0 saturated carbocycles. The second kappa shape index (κ2) is 4.00. The van der Waals surface area contributed by atoms with Crippen LogP contribution in [0.15, 0.2) is 0 Å². The van der Waals surface area contributed by atoms with Crippen molar-refractivity contribution in [2.45, 2.75) is 53.5 Å². The zero-order valence-corrected chi connectivity index (χ0v) is 9.93. The Hall–Kier alpha value is -0.0400. The second-order valence-corrected chi connectivity index (χ2v) is 5.45. The topological polar surface area (TPSA) is 3.24 Å². The van der Waals surface area contributed by atoms with Gasteiger partial charge >= 0.3 is 0 Å². The summed E-state index contributed by atoms with van der Waals surface area (Å²) in [6, 6.07) is 0.720. The van der Waals surface area contributed by atoms with Gasteiger partial charge in [-0.05, 0) is 38.1 Å². The van der Waals surface area contributed by atoms with Crippen LogP contribution in [-0.4, -0.2) is 24.0 Å². The molecular weight excluding hydrogens is 158 g/mol. The molecule has 1 unspecified atom stereocenters. The fourth-order valence-corrected chi connectivity index (χ4v) is 2.64. The molecule has 78 valence electrons. The Morgan fingerprint density at radius 1 is 1.38 bits per heavy atom.